The second-order valence-corrected chi connectivity index (χ2v) is 6.25. The first-order valence-corrected chi connectivity index (χ1v) is 8.18. The Kier molecular flexibility index (Phi) is 4.37. The fraction of sp³-hybridized carbons (Fsp3) is 0.350. The summed E-state index contributed by atoms with van der Waals surface area (Å²) in [6, 6.07) is 12.6. The van der Waals surface area contributed by atoms with Gasteiger partial charge in [-0.05, 0) is 75.1 Å². The minimum absolute atomic E-state index is 0.716. The van der Waals surface area contributed by atoms with E-state index in [0.29, 0.717) is 6.61 Å². The Labute approximate surface area is 137 Å². The summed E-state index contributed by atoms with van der Waals surface area (Å²) in [4.78, 5) is 4.69. The summed E-state index contributed by atoms with van der Waals surface area (Å²) >= 11 is 0. The van der Waals surface area contributed by atoms with Crippen molar-refractivity contribution in [3.05, 3.63) is 58.9 Å². The molecule has 3 aromatic rings. The Balaban J connectivity index is 1.67. The Bertz CT molecular complexity index is 833. The van der Waals surface area contributed by atoms with E-state index in [0.717, 1.165) is 30.1 Å². The molecule has 120 valence electrons. The molecule has 0 saturated heterocycles. The van der Waals surface area contributed by atoms with Crippen LogP contribution in [0.5, 0.6) is 5.75 Å². The van der Waals surface area contributed by atoms with Crippen molar-refractivity contribution in [2.45, 2.75) is 40.7 Å². The van der Waals surface area contributed by atoms with Gasteiger partial charge in [0.15, 0.2) is 0 Å². The lowest BCUT2D eigenvalue weighted by Crippen LogP contribution is -2.06. The van der Waals surface area contributed by atoms with Gasteiger partial charge in [-0.25, -0.2) is 4.98 Å². The first kappa shape index (κ1) is 15.6. The second kappa shape index (κ2) is 6.45. The molecule has 0 saturated carbocycles. The van der Waals surface area contributed by atoms with E-state index < -0.39 is 0 Å². The first-order chi connectivity index (χ1) is 11.0. The number of ether oxygens (including phenoxy) is 1. The SMILES string of the molecule is Cc1cccc(OCCCn2c(C)nc3cc(C)c(C)cc32)c1. The molecule has 0 aliphatic rings. The van der Waals surface area contributed by atoms with Crippen LogP contribution in [-0.4, -0.2) is 16.2 Å². The highest BCUT2D eigenvalue weighted by Gasteiger charge is 2.08. The predicted molar refractivity (Wildman–Crippen MR) is 95.2 cm³/mol. The number of imidazole rings is 1. The standard InChI is InChI=1S/C20H24N2O/c1-14-7-5-8-18(11-14)23-10-6-9-22-17(4)21-19-12-15(2)16(3)13-20(19)22/h5,7-8,11-13H,6,9-10H2,1-4H3. The van der Waals surface area contributed by atoms with Crippen molar-refractivity contribution in [1.82, 2.24) is 9.55 Å². The van der Waals surface area contributed by atoms with E-state index in [4.69, 9.17) is 4.74 Å². The van der Waals surface area contributed by atoms with Gasteiger partial charge in [-0.2, -0.15) is 0 Å². The molecule has 0 aliphatic heterocycles. The molecule has 1 heterocycles. The number of nitrogens with zero attached hydrogens (tertiary/aromatic N) is 2. The number of aryl methyl sites for hydroxylation is 5. The van der Waals surface area contributed by atoms with Gasteiger partial charge in [0.25, 0.3) is 0 Å². The highest BCUT2D eigenvalue weighted by atomic mass is 16.5. The van der Waals surface area contributed by atoms with Crippen LogP contribution < -0.4 is 4.74 Å². The quantitative estimate of drug-likeness (QED) is 0.637. The van der Waals surface area contributed by atoms with E-state index in [1.807, 2.05) is 12.1 Å². The number of benzene rings is 2. The van der Waals surface area contributed by atoms with Crippen molar-refractivity contribution in [3.63, 3.8) is 0 Å². The highest BCUT2D eigenvalue weighted by molar-refractivity contribution is 5.78. The summed E-state index contributed by atoms with van der Waals surface area (Å²) in [7, 11) is 0. The van der Waals surface area contributed by atoms with E-state index in [1.54, 1.807) is 0 Å². The molecule has 3 nitrogen and oxygen atoms in total. The fourth-order valence-electron chi connectivity index (χ4n) is 2.90. The summed E-state index contributed by atoms with van der Waals surface area (Å²) in [5.41, 5.74) is 6.15. The van der Waals surface area contributed by atoms with Crippen molar-refractivity contribution in [3.8, 4) is 5.75 Å². The first-order valence-electron chi connectivity index (χ1n) is 8.18. The van der Waals surface area contributed by atoms with Crippen molar-refractivity contribution < 1.29 is 4.74 Å². The van der Waals surface area contributed by atoms with E-state index in [-0.39, 0.29) is 0 Å². The molecular formula is C20H24N2O. The number of aromatic nitrogens is 2. The summed E-state index contributed by atoms with van der Waals surface area (Å²) in [6.07, 6.45) is 0.965. The van der Waals surface area contributed by atoms with Crippen molar-refractivity contribution in [2.24, 2.45) is 0 Å². The molecule has 0 spiro atoms. The minimum Gasteiger partial charge on any atom is -0.494 e. The van der Waals surface area contributed by atoms with Crippen LogP contribution in [0.1, 0.15) is 28.9 Å². The highest BCUT2D eigenvalue weighted by Crippen LogP contribution is 2.21. The van der Waals surface area contributed by atoms with Gasteiger partial charge in [-0.1, -0.05) is 12.1 Å². The molecule has 3 heteroatoms. The molecule has 0 fully saturated rings. The third-order valence-corrected chi connectivity index (χ3v) is 4.34. The topological polar surface area (TPSA) is 27.1 Å². The summed E-state index contributed by atoms with van der Waals surface area (Å²) in [5, 5.41) is 0. The van der Waals surface area contributed by atoms with Crippen LogP contribution in [0.3, 0.4) is 0 Å². The Morgan fingerprint density at radius 2 is 1.78 bits per heavy atom. The van der Waals surface area contributed by atoms with E-state index in [1.165, 1.54) is 22.2 Å². The fourth-order valence-corrected chi connectivity index (χ4v) is 2.90. The lowest BCUT2D eigenvalue weighted by molar-refractivity contribution is 0.302. The molecule has 0 N–H and O–H groups in total. The maximum Gasteiger partial charge on any atom is 0.119 e. The molecule has 0 amide bonds. The Morgan fingerprint density at radius 1 is 1.00 bits per heavy atom. The molecule has 0 aliphatic carbocycles. The van der Waals surface area contributed by atoms with E-state index in [2.05, 4.69) is 61.5 Å². The largest absolute Gasteiger partial charge is 0.494 e. The zero-order chi connectivity index (χ0) is 16.4. The van der Waals surface area contributed by atoms with Gasteiger partial charge in [0, 0.05) is 6.54 Å². The number of hydrogen-bond acceptors (Lipinski definition) is 2. The maximum absolute atomic E-state index is 5.85. The molecule has 0 atom stereocenters. The monoisotopic (exact) mass is 308 g/mol. The van der Waals surface area contributed by atoms with Crippen LogP contribution in [0.4, 0.5) is 0 Å². The Morgan fingerprint density at radius 3 is 2.57 bits per heavy atom. The van der Waals surface area contributed by atoms with Crippen LogP contribution in [0, 0.1) is 27.7 Å². The van der Waals surface area contributed by atoms with Gasteiger partial charge in [-0.15, -0.1) is 0 Å². The smallest absolute Gasteiger partial charge is 0.119 e. The number of rotatable bonds is 5. The van der Waals surface area contributed by atoms with E-state index >= 15 is 0 Å². The summed E-state index contributed by atoms with van der Waals surface area (Å²) in [5.74, 6) is 2.02. The zero-order valence-electron chi connectivity index (χ0n) is 14.4. The average molecular weight is 308 g/mol. The zero-order valence-corrected chi connectivity index (χ0v) is 14.4. The normalized spacial score (nSPS) is 11.1. The molecule has 2 aromatic carbocycles. The van der Waals surface area contributed by atoms with Gasteiger partial charge in [0.1, 0.15) is 11.6 Å². The lowest BCUT2D eigenvalue weighted by Gasteiger charge is -2.10. The third kappa shape index (κ3) is 3.39. The van der Waals surface area contributed by atoms with Gasteiger partial charge < -0.3 is 9.30 Å². The van der Waals surface area contributed by atoms with Crippen LogP contribution in [0.25, 0.3) is 11.0 Å². The second-order valence-electron chi connectivity index (χ2n) is 6.25. The molecule has 0 bridgehead atoms. The molecule has 0 radical (unpaired) electrons. The van der Waals surface area contributed by atoms with Crippen molar-refractivity contribution in [1.29, 1.82) is 0 Å². The Hall–Kier alpha value is -2.29. The molecule has 0 unspecified atom stereocenters. The minimum atomic E-state index is 0.716. The van der Waals surface area contributed by atoms with Crippen LogP contribution in [-0.2, 0) is 6.54 Å². The maximum atomic E-state index is 5.85. The van der Waals surface area contributed by atoms with E-state index in [9.17, 15) is 0 Å². The predicted octanol–water partition coefficient (Wildman–Crippen LogP) is 4.74. The average Bonchev–Trinajstić information content (AvgIpc) is 2.79. The van der Waals surface area contributed by atoms with Gasteiger partial charge in [0.05, 0.1) is 17.6 Å². The van der Waals surface area contributed by atoms with Gasteiger partial charge in [-0.3, -0.25) is 0 Å². The third-order valence-electron chi connectivity index (χ3n) is 4.34. The van der Waals surface area contributed by atoms with Crippen LogP contribution >= 0.6 is 0 Å². The van der Waals surface area contributed by atoms with Crippen LogP contribution in [0.15, 0.2) is 36.4 Å². The van der Waals surface area contributed by atoms with Gasteiger partial charge >= 0.3 is 0 Å². The molecular weight excluding hydrogens is 284 g/mol. The summed E-state index contributed by atoms with van der Waals surface area (Å²) < 4.78 is 8.14. The van der Waals surface area contributed by atoms with Crippen LogP contribution in [0.2, 0.25) is 0 Å². The summed E-state index contributed by atoms with van der Waals surface area (Å²) in [6.45, 7) is 10.1. The number of fused-ring (bicyclic) bond motifs is 1. The lowest BCUT2D eigenvalue weighted by atomic mass is 10.1. The molecule has 3 rings (SSSR count). The van der Waals surface area contributed by atoms with Crippen molar-refractivity contribution >= 4 is 11.0 Å². The molecule has 1 aromatic heterocycles. The van der Waals surface area contributed by atoms with Crippen molar-refractivity contribution in [2.75, 3.05) is 6.61 Å². The molecule has 23 heavy (non-hydrogen) atoms. The number of hydrogen-bond donors (Lipinski definition) is 0. The van der Waals surface area contributed by atoms with Gasteiger partial charge in [0.2, 0.25) is 0 Å².